The van der Waals surface area contributed by atoms with E-state index >= 15 is 0 Å². The molecule has 0 aliphatic rings. The molecule has 0 spiro atoms. The Hall–Kier alpha value is -2.36. The standard InChI is InChI=1S/C19H26N3O7P/c1-3-28-30(26,29-4-2)14-27-16(13-23)12-22-11-10-17(21-19(22)25)20-18(24)15-8-6-5-7-9-15/h5-11,16,23H,3-4,12-14H2,1-2H3,(H,20,21,24,25)/t16-/m0/s1. The molecule has 1 heterocycles. The van der Waals surface area contributed by atoms with E-state index in [-0.39, 0.29) is 37.8 Å². The van der Waals surface area contributed by atoms with E-state index in [4.69, 9.17) is 13.8 Å². The third-order valence-corrected chi connectivity index (χ3v) is 5.64. The third kappa shape index (κ3) is 7.16. The van der Waals surface area contributed by atoms with E-state index in [9.17, 15) is 19.3 Å². The number of benzene rings is 1. The summed E-state index contributed by atoms with van der Waals surface area (Å²) in [5.41, 5.74) is -0.203. The van der Waals surface area contributed by atoms with Gasteiger partial charge < -0.3 is 24.2 Å². The van der Waals surface area contributed by atoms with Gasteiger partial charge in [-0.25, -0.2) is 4.79 Å². The molecule has 2 N–H and O–H groups in total. The van der Waals surface area contributed by atoms with Crippen LogP contribution in [0.2, 0.25) is 0 Å². The first-order valence-corrected chi connectivity index (χ1v) is 11.2. The molecule has 0 fully saturated rings. The summed E-state index contributed by atoms with van der Waals surface area (Å²) in [6.45, 7) is 3.27. The van der Waals surface area contributed by atoms with Gasteiger partial charge in [0.05, 0.1) is 32.5 Å². The van der Waals surface area contributed by atoms with Crippen molar-refractivity contribution >= 4 is 19.3 Å². The molecule has 164 valence electrons. The van der Waals surface area contributed by atoms with E-state index in [0.717, 1.165) is 0 Å². The summed E-state index contributed by atoms with van der Waals surface area (Å²) in [4.78, 5) is 28.3. The number of ether oxygens (including phenoxy) is 1. The number of aromatic nitrogens is 2. The van der Waals surface area contributed by atoms with Gasteiger partial charge in [-0.2, -0.15) is 4.98 Å². The first kappa shape index (κ1) is 23.9. The van der Waals surface area contributed by atoms with Gasteiger partial charge in [0.1, 0.15) is 12.2 Å². The highest BCUT2D eigenvalue weighted by molar-refractivity contribution is 7.53. The number of carbonyl (C=O) groups excluding carboxylic acids is 1. The molecule has 30 heavy (non-hydrogen) atoms. The molecule has 0 bridgehead atoms. The zero-order valence-corrected chi connectivity index (χ0v) is 17.8. The molecule has 0 aliphatic carbocycles. The normalized spacial score (nSPS) is 12.5. The van der Waals surface area contributed by atoms with Gasteiger partial charge in [0.2, 0.25) is 0 Å². The zero-order chi connectivity index (χ0) is 22.0. The molecule has 2 rings (SSSR count). The number of nitrogens with zero attached hydrogens (tertiary/aromatic N) is 2. The molecule has 0 radical (unpaired) electrons. The summed E-state index contributed by atoms with van der Waals surface area (Å²) >= 11 is 0. The lowest BCUT2D eigenvalue weighted by Crippen LogP contribution is -2.32. The minimum absolute atomic E-state index is 0.0342. The second-order valence-corrected chi connectivity index (χ2v) is 8.11. The van der Waals surface area contributed by atoms with Gasteiger partial charge in [-0.1, -0.05) is 18.2 Å². The van der Waals surface area contributed by atoms with Gasteiger partial charge in [0, 0.05) is 11.8 Å². The van der Waals surface area contributed by atoms with E-state index < -0.39 is 26.0 Å². The first-order chi connectivity index (χ1) is 14.4. The van der Waals surface area contributed by atoms with Crippen molar-refractivity contribution in [1.29, 1.82) is 0 Å². The Morgan fingerprint density at radius 1 is 1.20 bits per heavy atom. The van der Waals surface area contributed by atoms with E-state index in [1.165, 1.54) is 16.8 Å². The van der Waals surface area contributed by atoms with Crippen LogP contribution in [0.1, 0.15) is 24.2 Å². The molecule has 11 heteroatoms. The van der Waals surface area contributed by atoms with E-state index in [2.05, 4.69) is 10.3 Å². The van der Waals surface area contributed by atoms with E-state index in [0.29, 0.717) is 5.56 Å². The van der Waals surface area contributed by atoms with Gasteiger partial charge in [-0.15, -0.1) is 0 Å². The molecule has 1 aromatic heterocycles. The highest BCUT2D eigenvalue weighted by Gasteiger charge is 2.26. The van der Waals surface area contributed by atoms with Gasteiger partial charge in [-0.05, 0) is 32.0 Å². The van der Waals surface area contributed by atoms with E-state index in [1.807, 2.05) is 0 Å². The van der Waals surface area contributed by atoms with Crippen molar-refractivity contribution in [3.05, 3.63) is 58.6 Å². The predicted octanol–water partition coefficient (Wildman–Crippen LogP) is 2.10. The van der Waals surface area contributed by atoms with Crippen LogP contribution in [0.15, 0.2) is 47.4 Å². The van der Waals surface area contributed by atoms with Crippen LogP contribution < -0.4 is 11.0 Å². The zero-order valence-electron chi connectivity index (χ0n) is 16.9. The molecule has 0 saturated carbocycles. The summed E-state index contributed by atoms with van der Waals surface area (Å²) in [5, 5.41) is 12.1. The number of anilines is 1. The van der Waals surface area contributed by atoms with Crippen LogP contribution in [-0.2, 0) is 24.9 Å². The molecule has 0 unspecified atom stereocenters. The Balaban J connectivity index is 2.00. The topological polar surface area (TPSA) is 129 Å². The number of aliphatic hydroxyl groups excluding tert-OH is 1. The predicted molar refractivity (Wildman–Crippen MR) is 111 cm³/mol. The number of aliphatic hydroxyl groups is 1. The Kier molecular flexibility index (Phi) is 9.35. The molecule has 0 saturated heterocycles. The average Bonchev–Trinajstić information content (AvgIpc) is 2.73. The number of nitrogens with one attached hydrogen (secondary N) is 1. The van der Waals surface area contributed by atoms with Gasteiger partial charge >= 0.3 is 13.3 Å². The Bertz CT molecular complexity index is 910. The SMILES string of the molecule is CCOP(=O)(CO[C@H](CO)Cn1ccc(NC(=O)c2ccccc2)nc1=O)OCC. The Morgan fingerprint density at radius 2 is 1.87 bits per heavy atom. The second kappa shape index (κ2) is 11.7. The fourth-order valence-electron chi connectivity index (χ4n) is 2.50. The monoisotopic (exact) mass is 439 g/mol. The lowest BCUT2D eigenvalue weighted by molar-refractivity contribution is 0.0148. The van der Waals surface area contributed by atoms with E-state index in [1.54, 1.807) is 44.2 Å². The summed E-state index contributed by atoms with van der Waals surface area (Å²) in [7, 11) is -3.44. The molecular formula is C19H26N3O7P. The number of hydrogen-bond donors (Lipinski definition) is 2. The van der Waals surface area contributed by atoms with Crippen molar-refractivity contribution in [1.82, 2.24) is 9.55 Å². The molecule has 1 amide bonds. The minimum atomic E-state index is -3.44. The summed E-state index contributed by atoms with van der Waals surface area (Å²) in [5.74, 6) is -0.289. The maximum atomic E-state index is 12.4. The maximum Gasteiger partial charge on any atom is 0.356 e. The lowest BCUT2D eigenvalue weighted by atomic mass is 10.2. The lowest BCUT2D eigenvalue weighted by Gasteiger charge is -2.21. The van der Waals surface area contributed by atoms with Crippen LogP contribution in [0.5, 0.6) is 0 Å². The Morgan fingerprint density at radius 3 is 2.43 bits per heavy atom. The maximum absolute atomic E-state index is 12.4. The largest absolute Gasteiger partial charge is 0.394 e. The fraction of sp³-hybridized carbons (Fsp3) is 0.421. The molecule has 0 aliphatic heterocycles. The van der Waals surface area contributed by atoms with Crippen molar-refractivity contribution in [2.24, 2.45) is 0 Å². The molecule has 1 atom stereocenters. The smallest absolute Gasteiger partial charge is 0.356 e. The van der Waals surface area contributed by atoms with Crippen LogP contribution >= 0.6 is 7.60 Å². The highest BCUT2D eigenvalue weighted by Crippen LogP contribution is 2.48. The summed E-state index contributed by atoms with van der Waals surface area (Å²) < 4.78 is 29.4. The van der Waals surface area contributed by atoms with Crippen LogP contribution in [0.4, 0.5) is 5.82 Å². The van der Waals surface area contributed by atoms with Crippen LogP contribution in [0, 0.1) is 0 Å². The van der Waals surface area contributed by atoms with Crippen LogP contribution in [0.3, 0.4) is 0 Å². The number of rotatable bonds is 12. The van der Waals surface area contributed by atoms with Gasteiger partial charge in [0.25, 0.3) is 5.91 Å². The van der Waals surface area contributed by atoms with Gasteiger partial charge in [0.15, 0.2) is 0 Å². The Labute approximate surface area is 174 Å². The summed E-state index contributed by atoms with van der Waals surface area (Å²) in [6.07, 6.45) is 0.239. The summed E-state index contributed by atoms with van der Waals surface area (Å²) in [6, 6.07) is 9.99. The molecular weight excluding hydrogens is 413 g/mol. The van der Waals surface area contributed by atoms with Crippen molar-refractivity contribution in [3.8, 4) is 0 Å². The third-order valence-electron chi connectivity index (χ3n) is 3.88. The highest BCUT2D eigenvalue weighted by atomic mass is 31.2. The number of amides is 1. The van der Waals surface area contributed by atoms with Crippen molar-refractivity contribution in [2.45, 2.75) is 26.5 Å². The number of carbonyl (C=O) groups is 1. The number of hydrogen-bond acceptors (Lipinski definition) is 8. The van der Waals surface area contributed by atoms with Crippen LogP contribution in [-0.4, -0.2) is 52.8 Å². The van der Waals surface area contributed by atoms with Crippen molar-refractivity contribution in [3.63, 3.8) is 0 Å². The average molecular weight is 439 g/mol. The van der Waals surface area contributed by atoms with Crippen molar-refractivity contribution < 1.29 is 28.3 Å². The second-order valence-electron chi connectivity index (χ2n) is 6.11. The quantitative estimate of drug-likeness (QED) is 0.481. The molecule has 2 aromatic rings. The molecule has 10 nitrogen and oxygen atoms in total. The minimum Gasteiger partial charge on any atom is -0.394 e. The molecule has 1 aromatic carbocycles. The van der Waals surface area contributed by atoms with Crippen molar-refractivity contribution in [2.75, 3.05) is 31.5 Å². The first-order valence-electron chi connectivity index (χ1n) is 9.45. The van der Waals surface area contributed by atoms with Crippen LogP contribution in [0.25, 0.3) is 0 Å². The fourth-order valence-corrected chi connectivity index (χ4v) is 3.90. The van der Waals surface area contributed by atoms with Gasteiger partial charge in [-0.3, -0.25) is 13.9 Å².